The Hall–Kier alpha value is -0.500. The number of carbonyl (C=O) groups excluding carboxylic acids is 1. The molecule has 3 fully saturated rings. The van der Waals surface area contributed by atoms with E-state index in [4.69, 9.17) is 16.3 Å². The Bertz CT molecular complexity index is 759. The Labute approximate surface area is 221 Å². The van der Waals surface area contributed by atoms with Crippen molar-refractivity contribution in [3.05, 3.63) is 11.6 Å². The number of ether oxygens (including phenoxy) is 1. The Morgan fingerprint density at radius 1 is 1.03 bits per heavy atom. The van der Waals surface area contributed by atoms with Crippen LogP contribution in [-0.2, 0) is 9.53 Å². The number of carbonyl (C=O) groups is 1. The summed E-state index contributed by atoms with van der Waals surface area (Å²) in [6.07, 6.45) is 22.7. The molecule has 0 amide bonds. The molecular formula is C32H53ClO2. The first kappa shape index (κ1) is 27.5. The Balaban J connectivity index is 1.36. The van der Waals surface area contributed by atoms with Crippen molar-refractivity contribution in [3.63, 3.8) is 0 Å². The second-order valence-electron chi connectivity index (χ2n) is 13.6. The zero-order chi connectivity index (χ0) is 25.2. The zero-order valence-electron chi connectivity index (χ0n) is 23.4. The molecule has 35 heavy (non-hydrogen) atoms. The normalized spacial score (nSPS) is 39.4. The molecule has 0 spiro atoms. The maximum Gasteiger partial charge on any atom is 0.324 e. The molecule has 0 saturated heterocycles. The van der Waals surface area contributed by atoms with Gasteiger partial charge in [0.2, 0.25) is 0 Å². The third-order valence-corrected chi connectivity index (χ3v) is 11.9. The summed E-state index contributed by atoms with van der Waals surface area (Å²) in [4.78, 5) is 12.5. The molecule has 2 nitrogen and oxygen atoms in total. The van der Waals surface area contributed by atoms with E-state index in [0.717, 1.165) is 42.9 Å². The maximum absolute atomic E-state index is 12.5. The number of unbranched alkanes of at least 4 members (excludes halogenated alkanes) is 5. The van der Waals surface area contributed by atoms with Crippen LogP contribution >= 0.6 is 11.6 Å². The fourth-order valence-corrected chi connectivity index (χ4v) is 9.04. The van der Waals surface area contributed by atoms with Crippen LogP contribution in [0.4, 0.5) is 0 Å². The minimum absolute atomic E-state index is 0.0143. The van der Waals surface area contributed by atoms with Crippen molar-refractivity contribution < 1.29 is 9.53 Å². The Morgan fingerprint density at radius 2 is 1.77 bits per heavy atom. The van der Waals surface area contributed by atoms with Crippen molar-refractivity contribution in [1.82, 2.24) is 0 Å². The lowest BCUT2D eigenvalue weighted by molar-refractivity contribution is -0.151. The quantitative estimate of drug-likeness (QED) is 0.128. The van der Waals surface area contributed by atoms with Crippen molar-refractivity contribution in [1.29, 1.82) is 0 Å². The minimum Gasteiger partial charge on any atom is -0.461 e. The molecule has 0 bridgehead atoms. The lowest BCUT2D eigenvalue weighted by Crippen LogP contribution is -2.50. The van der Waals surface area contributed by atoms with Gasteiger partial charge in [-0.05, 0) is 91.8 Å². The summed E-state index contributed by atoms with van der Waals surface area (Å²) in [6, 6.07) is 0. The van der Waals surface area contributed by atoms with E-state index in [-0.39, 0.29) is 18.0 Å². The first-order chi connectivity index (χ1) is 16.7. The van der Waals surface area contributed by atoms with Gasteiger partial charge >= 0.3 is 5.97 Å². The highest BCUT2D eigenvalue weighted by Crippen LogP contribution is 2.66. The van der Waals surface area contributed by atoms with Crippen molar-refractivity contribution >= 4 is 17.6 Å². The van der Waals surface area contributed by atoms with Crippen LogP contribution in [0.2, 0.25) is 0 Å². The molecule has 0 aromatic heterocycles. The van der Waals surface area contributed by atoms with Gasteiger partial charge in [0, 0.05) is 6.42 Å². The van der Waals surface area contributed by atoms with E-state index in [2.05, 4.69) is 26.8 Å². The largest absolute Gasteiger partial charge is 0.461 e. The van der Waals surface area contributed by atoms with Crippen LogP contribution in [0.15, 0.2) is 11.6 Å². The molecule has 4 aliphatic carbocycles. The molecule has 200 valence electrons. The smallest absolute Gasteiger partial charge is 0.324 e. The van der Waals surface area contributed by atoms with Crippen molar-refractivity contribution in [3.8, 4) is 0 Å². The van der Waals surface area contributed by atoms with Gasteiger partial charge in [0.15, 0.2) is 0 Å². The lowest BCUT2D eigenvalue weighted by Gasteiger charge is -2.58. The first-order valence-corrected chi connectivity index (χ1v) is 15.7. The number of halogens is 1. The van der Waals surface area contributed by atoms with E-state index in [9.17, 15) is 4.79 Å². The molecule has 0 heterocycles. The van der Waals surface area contributed by atoms with Crippen LogP contribution in [0.1, 0.15) is 131 Å². The van der Waals surface area contributed by atoms with Crippen LogP contribution in [0.3, 0.4) is 0 Å². The van der Waals surface area contributed by atoms with Gasteiger partial charge in [-0.3, -0.25) is 4.79 Å². The molecule has 4 rings (SSSR count). The zero-order valence-corrected chi connectivity index (χ0v) is 24.2. The number of hydrogen-bond donors (Lipinski definition) is 0. The number of fused-ring (bicyclic) bond motifs is 5. The van der Waals surface area contributed by atoms with Crippen LogP contribution in [0.5, 0.6) is 0 Å². The number of hydrogen-bond acceptors (Lipinski definition) is 2. The predicted molar refractivity (Wildman–Crippen MR) is 148 cm³/mol. The van der Waals surface area contributed by atoms with E-state index >= 15 is 0 Å². The van der Waals surface area contributed by atoms with E-state index in [1.807, 2.05) is 13.8 Å². The van der Waals surface area contributed by atoms with Gasteiger partial charge in [-0.25, -0.2) is 0 Å². The van der Waals surface area contributed by atoms with Crippen LogP contribution in [0.25, 0.3) is 0 Å². The Kier molecular flexibility index (Phi) is 9.04. The maximum atomic E-state index is 12.5. The van der Waals surface area contributed by atoms with Crippen LogP contribution in [0, 0.1) is 40.4 Å². The van der Waals surface area contributed by atoms with Crippen LogP contribution < -0.4 is 0 Å². The molecular weight excluding hydrogens is 452 g/mol. The predicted octanol–water partition coefficient (Wildman–Crippen LogP) is 9.49. The number of allylic oxidation sites excluding steroid dienone is 1. The van der Waals surface area contributed by atoms with Gasteiger partial charge in [0.05, 0.1) is 0 Å². The van der Waals surface area contributed by atoms with Gasteiger partial charge in [0.1, 0.15) is 11.5 Å². The van der Waals surface area contributed by atoms with Crippen molar-refractivity contribution in [2.24, 2.45) is 40.4 Å². The second-order valence-corrected chi connectivity index (χ2v) is 14.1. The van der Waals surface area contributed by atoms with Crippen LogP contribution in [-0.4, -0.2) is 17.5 Å². The van der Waals surface area contributed by atoms with E-state index in [1.54, 1.807) is 5.57 Å². The van der Waals surface area contributed by atoms with Gasteiger partial charge in [-0.15, -0.1) is 11.6 Å². The minimum atomic E-state index is -0.532. The summed E-state index contributed by atoms with van der Waals surface area (Å²) < 4.78 is 5.90. The number of rotatable bonds is 10. The topological polar surface area (TPSA) is 26.3 Å². The monoisotopic (exact) mass is 504 g/mol. The fourth-order valence-electron chi connectivity index (χ4n) is 8.98. The molecule has 3 heteroatoms. The highest BCUT2D eigenvalue weighted by atomic mass is 35.5. The molecule has 3 saturated carbocycles. The summed E-state index contributed by atoms with van der Waals surface area (Å²) >= 11 is 6.29. The highest BCUT2D eigenvalue weighted by molar-refractivity contribution is 6.30. The summed E-state index contributed by atoms with van der Waals surface area (Å²) in [5, 5.41) is -0.532. The fraction of sp³-hybridized carbons (Fsp3) is 0.906. The molecule has 0 N–H and O–H groups in total. The SMILES string of the molecule is CCCCCCCCC1CCC2C3CC=C4CC(OC(=O)C(Cl)C(C)C)CCC4(C)C3CCC12C. The molecule has 4 aliphatic rings. The highest BCUT2D eigenvalue weighted by Gasteiger charge is 2.58. The van der Waals surface area contributed by atoms with Gasteiger partial charge in [-0.2, -0.15) is 0 Å². The van der Waals surface area contributed by atoms with Crippen molar-refractivity contribution in [2.75, 3.05) is 0 Å². The summed E-state index contributed by atoms with van der Waals surface area (Å²) in [7, 11) is 0. The number of alkyl halides is 1. The number of esters is 1. The van der Waals surface area contributed by atoms with Crippen molar-refractivity contribution in [2.45, 2.75) is 142 Å². The second kappa shape index (κ2) is 11.5. The van der Waals surface area contributed by atoms with E-state index < -0.39 is 5.38 Å². The average molecular weight is 505 g/mol. The summed E-state index contributed by atoms with van der Waals surface area (Å²) in [6.45, 7) is 11.5. The molecule has 0 radical (unpaired) electrons. The first-order valence-electron chi connectivity index (χ1n) is 15.2. The average Bonchev–Trinajstić information content (AvgIpc) is 3.17. The Morgan fingerprint density at radius 3 is 2.51 bits per heavy atom. The molecule has 8 atom stereocenters. The molecule has 0 aromatic rings. The van der Waals surface area contributed by atoms with Gasteiger partial charge in [-0.1, -0.05) is 84.8 Å². The summed E-state index contributed by atoms with van der Waals surface area (Å²) in [5.41, 5.74) is 2.47. The summed E-state index contributed by atoms with van der Waals surface area (Å²) in [5.74, 6) is 3.45. The van der Waals surface area contributed by atoms with Gasteiger partial charge < -0.3 is 4.74 Å². The third-order valence-electron chi connectivity index (χ3n) is 11.3. The van der Waals surface area contributed by atoms with E-state index in [0.29, 0.717) is 10.8 Å². The lowest BCUT2D eigenvalue weighted by atomic mass is 9.47. The molecule has 8 unspecified atom stereocenters. The van der Waals surface area contributed by atoms with E-state index in [1.165, 1.54) is 77.0 Å². The molecule has 0 aromatic carbocycles. The molecule has 0 aliphatic heterocycles. The standard InChI is InChI=1S/C32H53ClO2/c1-6-7-8-9-10-11-12-23-14-16-27-26-15-13-24-21-25(35-30(34)29(33)22(2)3)17-19-32(24,5)28(26)18-20-31(23,27)4/h13,22-23,25-29H,6-12,14-21H2,1-5H3. The third kappa shape index (κ3) is 5.53. The van der Waals surface area contributed by atoms with Gasteiger partial charge in [0.25, 0.3) is 0 Å².